The van der Waals surface area contributed by atoms with E-state index in [0.29, 0.717) is 18.5 Å². The molecule has 2 N–H and O–H groups in total. The third-order valence-electron chi connectivity index (χ3n) is 2.54. The number of anilines is 1. The number of nitriles is 1. The van der Waals surface area contributed by atoms with Crippen LogP contribution in [0.1, 0.15) is 25.3 Å². The summed E-state index contributed by atoms with van der Waals surface area (Å²) in [5.74, 6) is -0.507. The highest BCUT2D eigenvalue weighted by atomic mass is 16.4. The summed E-state index contributed by atoms with van der Waals surface area (Å²) in [6.45, 7) is 2.66. The fraction of sp³-hybridized carbons (Fsp3) is 0.385. The third-order valence-corrected chi connectivity index (χ3v) is 2.54. The van der Waals surface area contributed by atoms with Crippen LogP contribution < -0.4 is 5.32 Å². The van der Waals surface area contributed by atoms with Crippen molar-refractivity contribution in [2.24, 2.45) is 5.92 Å². The van der Waals surface area contributed by atoms with Gasteiger partial charge in [-0.1, -0.05) is 19.1 Å². The highest BCUT2D eigenvalue weighted by Crippen LogP contribution is 2.15. The number of para-hydroxylation sites is 1. The summed E-state index contributed by atoms with van der Waals surface area (Å²) in [5, 5.41) is 20.6. The van der Waals surface area contributed by atoms with Gasteiger partial charge in [0.25, 0.3) is 0 Å². The van der Waals surface area contributed by atoms with Gasteiger partial charge in [-0.25, -0.2) is 0 Å². The monoisotopic (exact) mass is 232 g/mol. The van der Waals surface area contributed by atoms with Crippen LogP contribution in [0.2, 0.25) is 0 Å². The zero-order valence-electron chi connectivity index (χ0n) is 9.81. The van der Waals surface area contributed by atoms with E-state index in [1.165, 1.54) is 0 Å². The van der Waals surface area contributed by atoms with Gasteiger partial charge in [0, 0.05) is 13.0 Å². The maximum absolute atomic E-state index is 10.4. The molecule has 17 heavy (non-hydrogen) atoms. The van der Waals surface area contributed by atoms with Crippen LogP contribution in [-0.4, -0.2) is 17.6 Å². The van der Waals surface area contributed by atoms with Crippen molar-refractivity contribution in [3.63, 3.8) is 0 Å². The molecule has 0 heterocycles. The average molecular weight is 232 g/mol. The van der Waals surface area contributed by atoms with E-state index in [1.807, 2.05) is 25.1 Å². The molecule has 0 radical (unpaired) electrons. The van der Waals surface area contributed by atoms with Crippen molar-refractivity contribution in [3.8, 4) is 6.07 Å². The number of carboxylic acids is 1. The van der Waals surface area contributed by atoms with Crippen LogP contribution in [-0.2, 0) is 4.79 Å². The Labute approximate surface area is 101 Å². The molecule has 1 aromatic rings. The molecular weight excluding hydrogens is 216 g/mol. The topological polar surface area (TPSA) is 73.1 Å². The van der Waals surface area contributed by atoms with Gasteiger partial charge in [0.2, 0.25) is 0 Å². The van der Waals surface area contributed by atoms with Crippen LogP contribution in [0, 0.1) is 17.2 Å². The first-order valence-corrected chi connectivity index (χ1v) is 5.58. The van der Waals surface area contributed by atoms with E-state index in [0.717, 1.165) is 5.69 Å². The molecule has 4 heteroatoms. The molecule has 0 saturated carbocycles. The molecule has 0 aromatic heterocycles. The number of rotatable bonds is 6. The van der Waals surface area contributed by atoms with Crippen molar-refractivity contribution < 1.29 is 9.90 Å². The Balaban J connectivity index is 2.45. The predicted octanol–water partition coefficient (Wildman–Crippen LogP) is 2.47. The van der Waals surface area contributed by atoms with Crippen LogP contribution in [0.15, 0.2) is 24.3 Å². The second-order valence-corrected chi connectivity index (χ2v) is 4.08. The molecule has 1 atom stereocenters. The molecular formula is C13H16N2O2. The lowest BCUT2D eigenvalue weighted by Crippen LogP contribution is -2.13. The summed E-state index contributed by atoms with van der Waals surface area (Å²) in [4.78, 5) is 10.4. The molecule has 1 aromatic carbocycles. The zero-order valence-corrected chi connectivity index (χ0v) is 9.81. The molecule has 0 saturated heterocycles. The van der Waals surface area contributed by atoms with Crippen molar-refractivity contribution in [1.29, 1.82) is 5.26 Å². The number of hydrogen-bond donors (Lipinski definition) is 2. The van der Waals surface area contributed by atoms with Crippen molar-refractivity contribution in [2.45, 2.75) is 19.8 Å². The van der Waals surface area contributed by atoms with Crippen LogP contribution in [0.3, 0.4) is 0 Å². The van der Waals surface area contributed by atoms with Gasteiger partial charge in [-0.2, -0.15) is 5.26 Å². The lowest BCUT2D eigenvalue weighted by molar-refractivity contribution is -0.137. The second-order valence-electron chi connectivity index (χ2n) is 4.08. The van der Waals surface area contributed by atoms with Crippen LogP contribution in [0.4, 0.5) is 5.69 Å². The zero-order chi connectivity index (χ0) is 12.7. The van der Waals surface area contributed by atoms with E-state index in [4.69, 9.17) is 10.4 Å². The number of aliphatic carboxylic acids is 1. The van der Waals surface area contributed by atoms with Crippen molar-refractivity contribution in [1.82, 2.24) is 0 Å². The molecule has 1 rings (SSSR count). The van der Waals surface area contributed by atoms with Gasteiger partial charge in [-0.15, -0.1) is 0 Å². The Morgan fingerprint density at radius 2 is 2.24 bits per heavy atom. The summed E-state index contributed by atoms with van der Waals surface area (Å²) in [5.41, 5.74) is 1.41. The Morgan fingerprint density at radius 1 is 1.53 bits per heavy atom. The first kappa shape index (κ1) is 13.0. The van der Waals surface area contributed by atoms with E-state index in [-0.39, 0.29) is 12.3 Å². The molecule has 4 nitrogen and oxygen atoms in total. The molecule has 0 fully saturated rings. The average Bonchev–Trinajstić information content (AvgIpc) is 2.34. The molecule has 1 unspecified atom stereocenters. The van der Waals surface area contributed by atoms with Crippen LogP contribution >= 0.6 is 0 Å². The van der Waals surface area contributed by atoms with E-state index >= 15 is 0 Å². The third kappa shape index (κ3) is 4.56. The van der Waals surface area contributed by atoms with Gasteiger partial charge in [0.1, 0.15) is 6.07 Å². The highest BCUT2D eigenvalue weighted by molar-refractivity contribution is 5.66. The smallest absolute Gasteiger partial charge is 0.303 e. The molecule has 0 spiro atoms. The first-order valence-electron chi connectivity index (χ1n) is 5.58. The maximum Gasteiger partial charge on any atom is 0.303 e. The number of hydrogen-bond acceptors (Lipinski definition) is 3. The molecule has 0 amide bonds. The number of nitrogens with one attached hydrogen (secondary N) is 1. The minimum absolute atomic E-state index is 0.183. The van der Waals surface area contributed by atoms with Gasteiger partial charge in [0.05, 0.1) is 11.3 Å². The van der Waals surface area contributed by atoms with Gasteiger partial charge in [-0.3, -0.25) is 4.79 Å². The van der Waals surface area contributed by atoms with E-state index in [2.05, 4.69) is 11.4 Å². The quantitative estimate of drug-likeness (QED) is 0.790. The highest BCUT2D eigenvalue weighted by Gasteiger charge is 2.06. The SMILES string of the molecule is CC(CCC(=O)O)CNc1ccccc1C#N. The summed E-state index contributed by atoms with van der Waals surface area (Å²) in [7, 11) is 0. The minimum Gasteiger partial charge on any atom is -0.481 e. The number of carboxylic acid groups (broad SMARTS) is 1. The molecule has 0 aliphatic rings. The Bertz CT molecular complexity index is 424. The lowest BCUT2D eigenvalue weighted by atomic mass is 10.1. The Morgan fingerprint density at radius 3 is 2.88 bits per heavy atom. The first-order chi connectivity index (χ1) is 8.13. The fourth-order valence-electron chi connectivity index (χ4n) is 1.49. The second kappa shape index (κ2) is 6.54. The molecule has 90 valence electrons. The Kier molecular flexibility index (Phi) is 5.02. The summed E-state index contributed by atoms with van der Waals surface area (Å²) in [6, 6.07) is 9.40. The summed E-state index contributed by atoms with van der Waals surface area (Å²) >= 11 is 0. The predicted molar refractivity (Wildman–Crippen MR) is 65.7 cm³/mol. The van der Waals surface area contributed by atoms with Crippen molar-refractivity contribution in [2.75, 3.05) is 11.9 Å². The standard InChI is InChI=1S/C13H16N2O2/c1-10(6-7-13(16)17)9-15-12-5-3-2-4-11(12)8-14/h2-5,10,15H,6-7,9H2,1H3,(H,16,17). The largest absolute Gasteiger partial charge is 0.481 e. The minimum atomic E-state index is -0.769. The summed E-state index contributed by atoms with van der Waals surface area (Å²) < 4.78 is 0. The fourth-order valence-corrected chi connectivity index (χ4v) is 1.49. The van der Waals surface area contributed by atoms with Crippen LogP contribution in [0.5, 0.6) is 0 Å². The number of benzene rings is 1. The normalized spacial score (nSPS) is 11.5. The van der Waals surface area contributed by atoms with Gasteiger partial charge in [-0.05, 0) is 24.5 Å². The summed E-state index contributed by atoms with van der Waals surface area (Å²) in [6.07, 6.45) is 0.819. The van der Waals surface area contributed by atoms with Gasteiger partial charge in [0.15, 0.2) is 0 Å². The van der Waals surface area contributed by atoms with Gasteiger partial charge >= 0.3 is 5.97 Å². The van der Waals surface area contributed by atoms with Crippen molar-refractivity contribution in [3.05, 3.63) is 29.8 Å². The number of nitrogens with zero attached hydrogens (tertiary/aromatic N) is 1. The van der Waals surface area contributed by atoms with Crippen molar-refractivity contribution >= 4 is 11.7 Å². The van der Waals surface area contributed by atoms with E-state index < -0.39 is 5.97 Å². The molecule has 0 aliphatic heterocycles. The molecule has 0 aliphatic carbocycles. The maximum atomic E-state index is 10.4. The van der Waals surface area contributed by atoms with Crippen LogP contribution in [0.25, 0.3) is 0 Å². The van der Waals surface area contributed by atoms with E-state index in [1.54, 1.807) is 6.07 Å². The van der Waals surface area contributed by atoms with E-state index in [9.17, 15) is 4.79 Å². The van der Waals surface area contributed by atoms with Gasteiger partial charge < -0.3 is 10.4 Å². The lowest BCUT2D eigenvalue weighted by Gasteiger charge is -2.13. The Hall–Kier alpha value is -2.02. The number of carbonyl (C=O) groups is 1. The molecule has 0 bridgehead atoms.